The maximum absolute atomic E-state index is 9.87. The average molecular weight is 278 g/mol. The van der Waals surface area contributed by atoms with Crippen molar-refractivity contribution in [3.63, 3.8) is 0 Å². The number of hydrogen-bond donors (Lipinski definition) is 1. The number of likely N-dealkylation sites (N-methyl/N-ethyl adjacent to an activating group) is 1. The topological polar surface area (TPSA) is 58.7 Å². The number of aromatic nitrogens is 1. The van der Waals surface area contributed by atoms with Crippen LogP contribution < -0.4 is 0 Å². The van der Waals surface area contributed by atoms with Gasteiger partial charge < -0.3 is 14.3 Å². The molecule has 0 fully saturated rings. The molecule has 1 aromatic carbocycles. The van der Waals surface area contributed by atoms with E-state index in [1.807, 2.05) is 50.1 Å². The van der Waals surface area contributed by atoms with Crippen molar-refractivity contribution in [1.82, 2.24) is 9.88 Å². The highest BCUT2D eigenvalue weighted by Crippen LogP contribution is 2.15. The van der Waals surface area contributed by atoms with Crippen molar-refractivity contribution in [1.29, 1.82) is 0 Å². The van der Waals surface area contributed by atoms with Crippen molar-refractivity contribution < 1.29 is 14.3 Å². The second-order valence-corrected chi connectivity index (χ2v) is 5.31. The lowest BCUT2D eigenvalue weighted by atomic mass is 10.3. The highest BCUT2D eigenvalue weighted by atomic mass is 16.5. The summed E-state index contributed by atoms with van der Waals surface area (Å²) in [4.78, 5) is 6.38. The smallest absolute Gasteiger partial charge is 0.209 e. The Bertz CT molecular complexity index is 506. The Kier molecular flexibility index (Phi) is 5.11. The Morgan fingerprint density at radius 3 is 2.80 bits per heavy atom. The van der Waals surface area contributed by atoms with Crippen LogP contribution in [0.5, 0.6) is 0 Å². The van der Waals surface area contributed by atoms with Crippen LogP contribution in [0.4, 0.5) is 0 Å². The molecule has 5 nitrogen and oxygen atoms in total. The SMILES string of the molecule is CC(C)OCC(O)CN(C)Cc1nc2ccccc2o1. The number of aliphatic hydroxyl groups excluding tert-OH is 1. The largest absolute Gasteiger partial charge is 0.439 e. The Labute approximate surface area is 119 Å². The van der Waals surface area contributed by atoms with Gasteiger partial charge >= 0.3 is 0 Å². The molecule has 0 radical (unpaired) electrons. The van der Waals surface area contributed by atoms with Gasteiger partial charge in [0.2, 0.25) is 5.89 Å². The maximum atomic E-state index is 9.87. The lowest BCUT2D eigenvalue weighted by Crippen LogP contribution is -2.32. The van der Waals surface area contributed by atoms with Crippen molar-refractivity contribution in [3.8, 4) is 0 Å². The molecule has 1 N–H and O–H groups in total. The van der Waals surface area contributed by atoms with Gasteiger partial charge in [0, 0.05) is 6.54 Å². The first-order chi connectivity index (χ1) is 9.54. The lowest BCUT2D eigenvalue weighted by Gasteiger charge is -2.19. The minimum Gasteiger partial charge on any atom is -0.439 e. The molecule has 0 aliphatic carbocycles. The van der Waals surface area contributed by atoms with Gasteiger partial charge in [0.1, 0.15) is 5.52 Å². The van der Waals surface area contributed by atoms with E-state index in [9.17, 15) is 5.11 Å². The molecule has 0 amide bonds. The van der Waals surface area contributed by atoms with Crippen molar-refractivity contribution in [2.75, 3.05) is 20.2 Å². The number of aliphatic hydroxyl groups is 1. The maximum Gasteiger partial charge on any atom is 0.209 e. The van der Waals surface area contributed by atoms with Crippen LogP contribution in [0.3, 0.4) is 0 Å². The summed E-state index contributed by atoms with van der Waals surface area (Å²) < 4.78 is 11.0. The molecule has 0 spiro atoms. The van der Waals surface area contributed by atoms with E-state index in [0.717, 1.165) is 11.1 Å². The number of fused-ring (bicyclic) bond motifs is 1. The number of nitrogens with zero attached hydrogens (tertiary/aromatic N) is 2. The van der Waals surface area contributed by atoms with Gasteiger partial charge in [-0.15, -0.1) is 0 Å². The zero-order valence-electron chi connectivity index (χ0n) is 12.2. The highest BCUT2D eigenvalue weighted by molar-refractivity contribution is 5.72. The van der Waals surface area contributed by atoms with Crippen LogP contribution in [0, 0.1) is 0 Å². The fraction of sp³-hybridized carbons (Fsp3) is 0.533. The molecule has 110 valence electrons. The van der Waals surface area contributed by atoms with Gasteiger partial charge in [-0.05, 0) is 33.0 Å². The van der Waals surface area contributed by atoms with Crippen LogP contribution >= 0.6 is 0 Å². The van der Waals surface area contributed by atoms with E-state index in [2.05, 4.69) is 4.98 Å². The molecule has 2 rings (SSSR count). The van der Waals surface area contributed by atoms with E-state index >= 15 is 0 Å². The molecule has 5 heteroatoms. The van der Waals surface area contributed by atoms with E-state index in [1.54, 1.807) is 0 Å². The molecule has 1 atom stereocenters. The van der Waals surface area contributed by atoms with Crippen molar-refractivity contribution in [2.24, 2.45) is 0 Å². The van der Waals surface area contributed by atoms with E-state index < -0.39 is 6.10 Å². The van der Waals surface area contributed by atoms with Gasteiger partial charge in [-0.1, -0.05) is 12.1 Å². The van der Waals surface area contributed by atoms with E-state index in [4.69, 9.17) is 9.15 Å². The van der Waals surface area contributed by atoms with Gasteiger partial charge in [-0.3, -0.25) is 4.90 Å². The van der Waals surface area contributed by atoms with Gasteiger partial charge in [-0.25, -0.2) is 4.98 Å². The molecular formula is C15H22N2O3. The van der Waals surface area contributed by atoms with Crippen LogP contribution in [0.1, 0.15) is 19.7 Å². The third-order valence-corrected chi connectivity index (χ3v) is 2.89. The Morgan fingerprint density at radius 2 is 2.10 bits per heavy atom. The first kappa shape index (κ1) is 15.0. The molecule has 20 heavy (non-hydrogen) atoms. The molecule has 1 aromatic heterocycles. The van der Waals surface area contributed by atoms with Gasteiger partial charge in [0.15, 0.2) is 5.58 Å². The zero-order valence-corrected chi connectivity index (χ0v) is 12.2. The van der Waals surface area contributed by atoms with Gasteiger partial charge in [0.05, 0.1) is 25.4 Å². The van der Waals surface area contributed by atoms with E-state index in [-0.39, 0.29) is 6.10 Å². The molecule has 0 aliphatic heterocycles. The van der Waals surface area contributed by atoms with Crippen molar-refractivity contribution >= 4 is 11.1 Å². The normalized spacial score (nSPS) is 13.5. The minimum absolute atomic E-state index is 0.131. The van der Waals surface area contributed by atoms with Crippen LogP contribution in [-0.4, -0.2) is 47.4 Å². The fourth-order valence-corrected chi connectivity index (χ4v) is 2.00. The van der Waals surface area contributed by atoms with Crippen LogP contribution in [0.25, 0.3) is 11.1 Å². The number of ether oxygens (including phenoxy) is 1. The summed E-state index contributed by atoms with van der Waals surface area (Å²) in [7, 11) is 1.92. The molecule has 1 unspecified atom stereocenters. The summed E-state index contributed by atoms with van der Waals surface area (Å²) in [6, 6.07) is 7.68. The number of hydrogen-bond acceptors (Lipinski definition) is 5. The highest BCUT2D eigenvalue weighted by Gasteiger charge is 2.12. The number of para-hydroxylation sites is 2. The molecule has 2 aromatic rings. The summed E-state index contributed by atoms with van der Waals surface area (Å²) in [6.07, 6.45) is -0.376. The number of benzene rings is 1. The van der Waals surface area contributed by atoms with Crippen molar-refractivity contribution in [2.45, 2.75) is 32.6 Å². The predicted molar refractivity (Wildman–Crippen MR) is 77.4 cm³/mol. The third kappa shape index (κ3) is 4.30. The first-order valence-electron chi connectivity index (χ1n) is 6.87. The molecule has 1 heterocycles. The molecule has 0 saturated carbocycles. The third-order valence-electron chi connectivity index (χ3n) is 2.89. The Hall–Kier alpha value is -1.43. The number of rotatable bonds is 7. The van der Waals surface area contributed by atoms with E-state index in [0.29, 0.717) is 25.6 Å². The van der Waals surface area contributed by atoms with Gasteiger partial charge in [0.25, 0.3) is 0 Å². The summed E-state index contributed by atoms with van der Waals surface area (Å²) >= 11 is 0. The van der Waals surface area contributed by atoms with Gasteiger partial charge in [-0.2, -0.15) is 0 Å². The van der Waals surface area contributed by atoms with Crippen LogP contribution in [0.15, 0.2) is 28.7 Å². The van der Waals surface area contributed by atoms with Crippen LogP contribution in [0.2, 0.25) is 0 Å². The molecule has 0 bridgehead atoms. The summed E-state index contributed by atoms with van der Waals surface area (Å²) in [5.41, 5.74) is 1.65. The monoisotopic (exact) mass is 278 g/mol. The van der Waals surface area contributed by atoms with E-state index in [1.165, 1.54) is 0 Å². The second-order valence-electron chi connectivity index (χ2n) is 5.31. The molecule has 0 aliphatic rings. The van der Waals surface area contributed by atoms with Crippen LogP contribution in [-0.2, 0) is 11.3 Å². The standard InChI is InChI=1S/C15H22N2O3/c1-11(2)19-10-12(18)8-17(3)9-15-16-13-6-4-5-7-14(13)20-15/h4-7,11-12,18H,8-10H2,1-3H3. The summed E-state index contributed by atoms with van der Waals surface area (Å²) in [5, 5.41) is 9.87. The quantitative estimate of drug-likeness (QED) is 0.840. The molecule has 0 saturated heterocycles. The Balaban J connectivity index is 1.86. The number of oxazole rings is 1. The predicted octanol–water partition coefficient (Wildman–Crippen LogP) is 2.05. The summed E-state index contributed by atoms with van der Waals surface area (Å²) in [5.74, 6) is 0.658. The van der Waals surface area contributed by atoms with Crippen molar-refractivity contribution in [3.05, 3.63) is 30.2 Å². The lowest BCUT2D eigenvalue weighted by molar-refractivity contribution is -0.00700. The molecular weight excluding hydrogens is 256 g/mol. The average Bonchev–Trinajstić information content (AvgIpc) is 2.78. The fourth-order valence-electron chi connectivity index (χ4n) is 2.00. The summed E-state index contributed by atoms with van der Waals surface area (Å²) in [6.45, 7) is 5.33. The Morgan fingerprint density at radius 1 is 1.35 bits per heavy atom. The first-order valence-corrected chi connectivity index (χ1v) is 6.87. The minimum atomic E-state index is -0.508. The zero-order chi connectivity index (χ0) is 14.5. The second kappa shape index (κ2) is 6.83.